The molecule has 0 aliphatic heterocycles. The Morgan fingerprint density at radius 1 is 1.33 bits per heavy atom. The van der Waals surface area contributed by atoms with Crippen LogP contribution in [-0.4, -0.2) is 35.1 Å². The molecule has 98 valence electrons. The smallest absolute Gasteiger partial charge is 0.226 e. The standard InChI is InChI=1S/C12H18N4S2/c1-3-13-12-15-10(14-6-4-7-17-2)9-5-8-18-11(9)16-12/h5,8H,3-4,6-7H2,1-2H3,(H2,13,14,15,16). The van der Waals surface area contributed by atoms with Crippen molar-refractivity contribution in [3.63, 3.8) is 0 Å². The van der Waals surface area contributed by atoms with Crippen LogP contribution in [-0.2, 0) is 0 Å². The highest BCUT2D eigenvalue weighted by Crippen LogP contribution is 2.26. The molecule has 18 heavy (non-hydrogen) atoms. The molecule has 0 radical (unpaired) electrons. The molecule has 0 saturated carbocycles. The van der Waals surface area contributed by atoms with Crippen LogP contribution in [0.15, 0.2) is 11.4 Å². The number of anilines is 2. The van der Waals surface area contributed by atoms with E-state index < -0.39 is 0 Å². The third kappa shape index (κ3) is 3.26. The van der Waals surface area contributed by atoms with E-state index in [-0.39, 0.29) is 0 Å². The summed E-state index contributed by atoms with van der Waals surface area (Å²) in [6, 6.07) is 2.08. The molecule has 0 unspecified atom stereocenters. The zero-order valence-electron chi connectivity index (χ0n) is 10.7. The number of thiophene rings is 1. The predicted molar refractivity (Wildman–Crippen MR) is 83.1 cm³/mol. The first kappa shape index (κ1) is 13.4. The molecule has 0 saturated heterocycles. The van der Waals surface area contributed by atoms with E-state index >= 15 is 0 Å². The van der Waals surface area contributed by atoms with Crippen LogP contribution in [0.4, 0.5) is 11.8 Å². The Balaban J connectivity index is 2.15. The van der Waals surface area contributed by atoms with Crippen LogP contribution >= 0.6 is 23.1 Å². The van der Waals surface area contributed by atoms with Crippen molar-refractivity contribution in [3.8, 4) is 0 Å². The number of nitrogens with one attached hydrogen (secondary N) is 2. The van der Waals surface area contributed by atoms with E-state index in [1.807, 2.05) is 18.7 Å². The predicted octanol–water partition coefficient (Wildman–Crippen LogP) is 3.29. The second-order valence-corrected chi connectivity index (χ2v) is 5.72. The molecule has 2 aromatic rings. The molecule has 0 aliphatic carbocycles. The van der Waals surface area contributed by atoms with Gasteiger partial charge in [0.05, 0.1) is 5.39 Å². The van der Waals surface area contributed by atoms with Gasteiger partial charge in [0.2, 0.25) is 5.95 Å². The number of thioether (sulfide) groups is 1. The molecule has 6 heteroatoms. The summed E-state index contributed by atoms with van der Waals surface area (Å²) in [5, 5.41) is 9.76. The Bertz CT molecular complexity index is 498. The minimum atomic E-state index is 0.708. The lowest BCUT2D eigenvalue weighted by Gasteiger charge is -2.08. The van der Waals surface area contributed by atoms with Crippen molar-refractivity contribution in [1.82, 2.24) is 9.97 Å². The highest BCUT2D eigenvalue weighted by atomic mass is 32.2. The normalized spacial score (nSPS) is 10.8. The van der Waals surface area contributed by atoms with E-state index in [1.165, 1.54) is 5.75 Å². The van der Waals surface area contributed by atoms with Gasteiger partial charge in [-0.05, 0) is 36.8 Å². The number of hydrogen-bond acceptors (Lipinski definition) is 6. The lowest BCUT2D eigenvalue weighted by molar-refractivity contribution is 0.981. The first-order valence-corrected chi connectivity index (χ1v) is 8.34. The van der Waals surface area contributed by atoms with Gasteiger partial charge in [-0.1, -0.05) is 0 Å². The van der Waals surface area contributed by atoms with Crippen LogP contribution in [0.3, 0.4) is 0 Å². The van der Waals surface area contributed by atoms with Gasteiger partial charge in [0.15, 0.2) is 0 Å². The summed E-state index contributed by atoms with van der Waals surface area (Å²) in [4.78, 5) is 10.0. The quantitative estimate of drug-likeness (QED) is 0.763. The SMILES string of the molecule is CCNc1nc(NCCCSC)c2ccsc2n1. The van der Waals surface area contributed by atoms with Gasteiger partial charge >= 0.3 is 0 Å². The first-order valence-electron chi connectivity index (χ1n) is 6.07. The highest BCUT2D eigenvalue weighted by Gasteiger charge is 2.07. The second-order valence-electron chi connectivity index (χ2n) is 3.84. The molecule has 0 bridgehead atoms. The molecule has 0 amide bonds. The Labute approximate surface area is 116 Å². The van der Waals surface area contributed by atoms with Crippen LogP contribution in [0.25, 0.3) is 10.2 Å². The Morgan fingerprint density at radius 3 is 3.00 bits per heavy atom. The topological polar surface area (TPSA) is 49.8 Å². The Hall–Kier alpha value is -1.01. The summed E-state index contributed by atoms with van der Waals surface area (Å²) < 4.78 is 0. The number of rotatable bonds is 7. The molecule has 0 atom stereocenters. The average molecular weight is 282 g/mol. The van der Waals surface area contributed by atoms with Gasteiger partial charge in [-0.2, -0.15) is 16.7 Å². The van der Waals surface area contributed by atoms with Gasteiger partial charge in [0.1, 0.15) is 10.6 Å². The van der Waals surface area contributed by atoms with Crippen LogP contribution in [0.5, 0.6) is 0 Å². The van der Waals surface area contributed by atoms with E-state index in [2.05, 4.69) is 38.3 Å². The van der Waals surface area contributed by atoms with E-state index in [0.717, 1.165) is 35.5 Å². The summed E-state index contributed by atoms with van der Waals surface area (Å²) in [6.07, 6.45) is 3.28. The molecule has 0 spiro atoms. The molecular weight excluding hydrogens is 264 g/mol. The maximum atomic E-state index is 4.53. The maximum Gasteiger partial charge on any atom is 0.226 e. The Morgan fingerprint density at radius 2 is 2.22 bits per heavy atom. The number of aromatic nitrogens is 2. The lowest BCUT2D eigenvalue weighted by Crippen LogP contribution is -2.08. The van der Waals surface area contributed by atoms with Crippen LogP contribution in [0.1, 0.15) is 13.3 Å². The van der Waals surface area contributed by atoms with Crippen molar-refractivity contribution in [2.24, 2.45) is 0 Å². The van der Waals surface area contributed by atoms with Crippen LogP contribution in [0, 0.1) is 0 Å². The number of hydrogen-bond donors (Lipinski definition) is 2. The van der Waals surface area contributed by atoms with Gasteiger partial charge < -0.3 is 10.6 Å². The molecule has 0 aromatic carbocycles. The van der Waals surface area contributed by atoms with Gasteiger partial charge in [-0.15, -0.1) is 11.3 Å². The fraction of sp³-hybridized carbons (Fsp3) is 0.500. The van der Waals surface area contributed by atoms with Crippen molar-refractivity contribution in [1.29, 1.82) is 0 Å². The van der Waals surface area contributed by atoms with Crippen molar-refractivity contribution in [2.75, 3.05) is 35.7 Å². The third-order valence-corrected chi connectivity index (χ3v) is 3.98. The number of nitrogens with zero attached hydrogens (tertiary/aromatic N) is 2. The molecule has 2 aromatic heterocycles. The van der Waals surface area contributed by atoms with E-state index in [4.69, 9.17) is 0 Å². The molecule has 0 aliphatic rings. The van der Waals surface area contributed by atoms with Gasteiger partial charge in [0.25, 0.3) is 0 Å². The minimum absolute atomic E-state index is 0.708. The van der Waals surface area contributed by atoms with Crippen molar-refractivity contribution in [3.05, 3.63) is 11.4 Å². The van der Waals surface area contributed by atoms with Crippen LogP contribution < -0.4 is 10.6 Å². The van der Waals surface area contributed by atoms with Crippen molar-refractivity contribution >= 4 is 45.1 Å². The largest absolute Gasteiger partial charge is 0.369 e. The molecule has 2 heterocycles. The summed E-state index contributed by atoms with van der Waals surface area (Å²) in [5.74, 6) is 2.82. The summed E-state index contributed by atoms with van der Waals surface area (Å²) >= 11 is 3.52. The third-order valence-electron chi connectivity index (χ3n) is 2.48. The second kappa shape index (κ2) is 6.80. The molecule has 0 fully saturated rings. The summed E-state index contributed by atoms with van der Waals surface area (Å²) in [6.45, 7) is 3.84. The van der Waals surface area contributed by atoms with E-state index in [0.29, 0.717) is 5.95 Å². The van der Waals surface area contributed by atoms with Crippen molar-refractivity contribution < 1.29 is 0 Å². The zero-order valence-corrected chi connectivity index (χ0v) is 12.3. The van der Waals surface area contributed by atoms with E-state index in [1.54, 1.807) is 11.3 Å². The lowest BCUT2D eigenvalue weighted by atomic mass is 10.3. The molecule has 2 rings (SSSR count). The monoisotopic (exact) mass is 282 g/mol. The van der Waals surface area contributed by atoms with Gasteiger partial charge in [0, 0.05) is 13.1 Å². The minimum Gasteiger partial charge on any atom is -0.369 e. The number of fused-ring (bicyclic) bond motifs is 1. The molecule has 2 N–H and O–H groups in total. The highest BCUT2D eigenvalue weighted by molar-refractivity contribution is 7.98. The fourth-order valence-corrected chi connectivity index (χ4v) is 2.85. The summed E-state index contributed by atoms with van der Waals surface area (Å²) in [7, 11) is 0. The van der Waals surface area contributed by atoms with E-state index in [9.17, 15) is 0 Å². The van der Waals surface area contributed by atoms with Gasteiger partial charge in [-0.3, -0.25) is 0 Å². The fourth-order valence-electron chi connectivity index (χ4n) is 1.65. The zero-order chi connectivity index (χ0) is 12.8. The average Bonchev–Trinajstić information content (AvgIpc) is 2.83. The molecule has 4 nitrogen and oxygen atoms in total. The maximum absolute atomic E-state index is 4.53. The first-order chi connectivity index (χ1) is 8.85. The van der Waals surface area contributed by atoms with Crippen LogP contribution in [0.2, 0.25) is 0 Å². The summed E-state index contributed by atoms with van der Waals surface area (Å²) in [5.41, 5.74) is 0. The Kier molecular flexibility index (Phi) is 5.07. The molecular formula is C12H18N4S2. The van der Waals surface area contributed by atoms with Gasteiger partial charge in [-0.25, -0.2) is 4.98 Å². The van der Waals surface area contributed by atoms with Crippen molar-refractivity contribution in [2.45, 2.75) is 13.3 Å².